The van der Waals surface area contributed by atoms with Crippen LogP contribution in [0.25, 0.3) is 0 Å². The van der Waals surface area contributed by atoms with Gasteiger partial charge in [-0.2, -0.15) is 0 Å². The van der Waals surface area contributed by atoms with E-state index in [-0.39, 0.29) is 5.41 Å². The standard InChI is InChI=1S/C14H21NO/c1-11(14(2,3)4)8-13(16)9-12-6-5-7-15-10-12/h5-7,10-11H,8-9H2,1-4H3. The number of pyridine rings is 1. The van der Waals surface area contributed by atoms with Gasteiger partial charge in [-0.15, -0.1) is 0 Å². The normalized spacial score (nSPS) is 13.5. The average Bonchev–Trinajstić information content (AvgIpc) is 2.17. The van der Waals surface area contributed by atoms with Crippen LogP contribution in [0.5, 0.6) is 0 Å². The van der Waals surface area contributed by atoms with Gasteiger partial charge in [0.05, 0.1) is 0 Å². The molecule has 1 aromatic rings. The van der Waals surface area contributed by atoms with Crippen LogP contribution in [0.1, 0.15) is 39.7 Å². The number of ketones is 1. The molecule has 1 rings (SSSR count). The van der Waals surface area contributed by atoms with Gasteiger partial charge < -0.3 is 0 Å². The minimum Gasteiger partial charge on any atom is -0.299 e. The van der Waals surface area contributed by atoms with Crippen molar-refractivity contribution in [2.75, 3.05) is 0 Å². The summed E-state index contributed by atoms with van der Waals surface area (Å²) in [6.45, 7) is 8.67. The summed E-state index contributed by atoms with van der Waals surface area (Å²) in [5, 5.41) is 0. The number of carbonyl (C=O) groups excluding carboxylic acids is 1. The lowest BCUT2D eigenvalue weighted by molar-refractivity contribution is -0.120. The Morgan fingerprint density at radius 2 is 2.12 bits per heavy atom. The molecule has 0 saturated carbocycles. The summed E-state index contributed by atoms with van der Waals surface area (Å²) in [5.74, 6) is 0.715. The van der Waals surface area contributed by atoms with Crippen LogP contribution in [-0.2, 0) is 11.2 Å². The molecule has 1 unspecified atom stereocenters. The van der Waals surface area contributed by atoms with Gasteiger partial charge in [-0.25, -0.2) is 0 Å². The van der Waals surface area contributed by atoms with Crippen molar-refractivity contribution in [2.24, 2.45) is 11.3 Å². The van der Waals surface area contributed by atoms with Crippen LogP contribution in [0, 0.1) is 11.3 Å². The Kier molecular flexibility index (Phi) is 4.22. The molecule has 0 aromatic carbocycles. The van der Waals surface area contributed by atoms with E-state index in [2.05, 4.69) is 32.7 Å². The van der Waals surface area contributed by atoms with E-state index in [1.807, 2.05) is 12.1 Å². The zero-order valence-electron chi connectivity index (χ0n) is 10.7. The number of rotatable bonds is 4. The predicted octanol–water partition coefficient (Wildman–Crippen LogP) is 3.27. The second-order valence-corrected chi connectivity index (χ2v) is 5.55. The molecule has 0 aliphatic carbocycles. The fourth-order valence-corrected chi connectivity index (χ4v) is 1.45. The van der Waals surface area contributed by atoms with Gasteiger partial charge in [0.25, 0.3) is 0 Å². The summed E-state index contributed by atoms with van der Waals surface area (Å²) < 4.78 is 0. The van der Waals surface area contributed by atoms with Crippen molar-refractivity contribution in [1.82, 2.24) is 4.98 Å². The predicted molar refractivity (Wildman–Crippen MR) is 66.2 cm³/mol. The van der Waals surface area contributed by atoms with Crippen molar-refractivity contribution in [3.8, 4) is 0 Å². The Morgan fingerprint density at radius 1 is 1.44 bits per heavy atom. The number of aromatic nitrogens is 1. The molecule has 1 atom stereocenters. The molecule has 0 fully saturated rings. The molecule has 0 radical (unpaired) electrons. The fourth-order valence-electron chi connectivity index (χ4n) is 1.45. The van der Waals surface area contributed by atoms with E-state index in [1.54, 1.807) is 12.4 Å². The first-order valence-corrected chi connectivity index (χ1v) is 5.80. The summed E-state index contributed by atoms with van der Waals surface area (Å²) in [4.78, 5) is 15.9. The van der Waals surface area contributed by atoms with Crippen LogP contribution in [-0.4, -0.2) is 10.8 Å². The zero-order chi connectivity index (χ0) is 12.2. The highest BCUT2D eigenvalue weighted by molar-refractivity contribution is 5.81. The Labute approximate surface area is 98.1 Å². The highest BCUT2D eigenvalue weighted by Crippen LogP contribution is 2.28. The van der Waals surface area contributed by atoms with Crippen molar-refractivity contribution >= 4 is 5.78 Å². The highest BCUT2D eigenvalue weighted by atomic mass is 16.1. The summed E-state index contributed by atoms with van der Waals surface area (Å²) >= 11 is 0. The molecule has 0 bridgehead atoms. The van der Waals surface area contributed by atoms with E-state index in [4.69, 9.17) is 0 Å². The topological polar surface area (TPSA) is 30.0 Å². The van der Waals surface area contributed by atoms with Crippen LogP contribution in [0.15, 0.2) is 24.5 Å². The molecule has 2 nitrogen and oxygen atoms in total. The van der Waals surface area contributed by atoms with E-state index in [9.17, 15) is 4.79 Å². The second-order valence-electron chi connectivity index (χ2n) is 5.55. The Morgan fingerprint density at radius 3 is 2.62 bits per heavy atom. The number of carbonyl (C=O) groups is 1. The van der Waals surface area contributed by atoms with Crippen LogP contribution < -0.4 is 0 Å². The highest BCUT2D eigenvalue weighted by Gasteiger charge is 2.22. The number of hydrogen-bond donors (Lipinski definition) is 0. The molecule has 1 heterocycles. The van der Waals surface area contributed by atoms with E-state index < -0.39 is 0 Å². The molecule has 0 spiro atoms. The average molecular weight is 219 g/mol. The second kappa shape index (κ2) is 5.24. The van der Waals surface area contributed by atoms with E-state index in [0.29, 0.717) is 24.5 Å². The monoisotopic (exact) mass is 219 g/mol. The molecule has 0 aliphatic rings. The lowest BCUT2D eigenvalue weighted by Gasteiger charge is -2.26. The maximum atomic E-state index is 11.8. The van der Waals surface area contributed by atoms with Gasteiger partial charge in [0.2, 0.25) is 0 Å². The van der Waals surface area contributed by atoms with E-state index in [1.165, 1.54) is 0 Å². The third kappa shape index (κ3) is 4.13. The molecule has 1 aromatic heterocycles. The molecule has 2 heteroatoms. The lowest BCUT2D eigenvalue weighted by atomic mass is 9.79. The van der Waals surface area contributed by atoms with E-state index in [0.717, 1.165) is 5.56 Å². The largest absolute Gasteiger partial charge is 0.299 e. The molecular weight excluding hydrogens is 198 g/mol. The SMILES string of the molecule is CC(CC(=O)Cc1cccnc1)C(C)(C)C. The third-order valence-corrected chi connectivity index (χ3v) is 3.14. The van der Waals surface area contributed by atoms with Gasteiger partial charge in [0.15, 0.2) is 0 Å². The summed E-state index contributed by atoms with van der Waals surface area (Å²) in [5.41, 5.74) is 1.21. The maximum absolute atomic E-state index is 11.8. The van der Waals surface area contributed by atoms with Crippen molar-refractivity contribution in [1.29, 1.82) is 0 Å². The van der Waals surface area contributed by atoms with Gasteiger partial charge in [0, 0.05) is 25.2 Å². The van der Waals surface area contributed by atoms with Crippen LogP contribution in [0.4, 0.5) is 0 Å². The third-order valence-electron chi connectivity index (χ3n) is 3.14. The Hall–Kier alpha value is -1.18. The lowest BCUT2D eigenvalue weighted by Crippen LogP contribution is -2.21. The van der Waals surface area contributed by atoms with Crippen molar-refractivity contribution in [3.05, 3.63) is 30.1 Å². The molecule has 0 saturated heterocycles. The minimum atomic E-state index is 0.199. The van der Waals surface area contributed by atoms with Crippen molar-refractivity contribution in [3.63, 3.8) is 0 Å². The maximum Gasteiger partial charge on any atom is 0.137 e. The van der Waals surface area contributed by atoms with Gasteiger partial charge in [0.1, 0.15) is 5.78 Å². The zero-order valence-corrected chi connectivity index (χ0v) is 10.7. The quantitative estimate of drug-likeness (QED) is 0.778. The van der Waals surface area contributed by atoms with Crippen LogP contribution >= 0.6 is 0 Å². The first-order valence-electron chi connectivity index (χ1n) is 5.80. The molecular formula is C14H21NO. The Balaban J connectivity index is 2.49. The molecule has 0 amide bonds. The molecule has 0 aliphatic heterocycles. The first-order chi connectivity index (χ1) is 7.39. The summed E-state index contributed by atoms with van der Waals surface area (Å²) in [6, 6.07) is 3.82. The fraction of sp³-hybridized carbons (Fsp3) is 0.571. The summed E-state index contributed by atoms with van der Waals surface area (Å²) in [6.07, 6.45) is 4.65. The Bertz CT molecular complexity index is 338. The van der Waals surface area contributed by atoms with Crippen molar-refractivity contribution in [2.45, 2.75) is 40.5 Å². The molecule has 16 heavy (non-hydrogen) atoms. The number of Topliss-reactive ketones (excluding diaryl/α,β-unsaturated/α-hetero) is 1. The minimum absolute atomic E-state index is 0.199. The number of hydrogen-bond acceptors (Lipinski definition) is 2. The molecule has 88 valence electrons. The number of nitrogens with zero attached hydrogens (tertiary/aromatic N) is 1. The van der Waals surface area contributed by atoms with Gasteiger partial charge in [-0.3, -0.25) is 9.78 Å². The van der Waals surface area contributed by atoms with E-state index >= 15 is 0 Å². The van der Waals surface area contributed by atoms with Gasteiger partial charge >= 0.3 is 0 Å². The summed E-state index contributed by atoms with van der Waals surface area (Å²) in [7, 11) is 0. The van der Waals surface area contributed by atoms with Crippen molar-refractivity contribution < 1.29 is 4.79 Å². The van der Waals surface area contributed by atoms with Gasteiger partial charge in [-0.05, 0) is 23.0 Å². The first kappa shape index (κ1) is 12.9. The molecule has 0 N–H and O–H groups in total. The van der Waals surface area contributed by atoms with Gasteiger partial charge in [-0.1, -0.05) is 33.8 Å². The van der Waals surface area contributed by atoms with Crippen LogP contribution in [0.2, 0.25) is 0 Å². The smallest absolute Gasteiger partial charge is 0.137 e. The van der Waals surface area contributed by atoms with Crippen LogP contribution in [0.3, 0.4) is 0 Å².